The van der Waals surface area contributed by atoms with Crippen LogP contribution in [0.5, 0.6) is 0 Å². The molecule has 0 aliphatic rings. The molecule has 5 heteroatoms. The second-order valence-corrected chi connectivity index (χ2v) is 5.30. The monoisotopic (exact) mass is 283 g/mol. The molecule has 0 aliphatic heterocycles. The quantitative estimate of drug-likeness (QED) is 0.631. The van der Waals surface area contributed by atoms with Crippen molar-refractivity contribution >= 4 is 0 Å². The molecular weight excluding hydrogens is 254 g/mol. The van der Waals surface area contributed by atoms with Gasteiger partial charge in [0, 0.05) is 31.8 Å². The van der Waals surface area contributed by atoms with E-state index in [1.165, 1.54) is 0 Å². The van der Waals surface area contributed by atoms with Crippen molar-refractivity contribution in [2.24, 2.45) is 0 Å². The number of methoxy groups -OCH3 is 1. The molecule has 0 saturated heterocycles. The van der Waals surface area contributed by atoms with E-state index in [1.807, 2.05) is 10.9 Å². The van der Waals surface area contributed by atoms with E-state index in [2.05, 4.69) is 37.3 Å². The molecule has 1 atom stereocenters. The van der Waals surface area contributed by atoms with E-state index in [9.17, 15) is 0 Å². The van der Waals surface area contributed by atoms with Gasteiger partial charge in [-0.15, -0.1) is 0 Å². The van der Waals surface area contributed by atoms with Crippen LogP contribution in [0.1, 0.15) is 38.9 Å². The van der Waals surface area contributed by atoms with Crippen LogP contribution in [0.3, 0.4) is 0 Å². The molecule has 5 nitrogen and oxygen atoms in total. The van der Waals surface area contributed by atoms with Gasteiger partial charge in [-0.3, -0.25) is 4.68 Å². The smallest absolute Gasteiger partial charge is 0.0701 e. The first-order chi connectivity index (χ1) is 9.67. The maximum atomic E-state index is 5.64. The van der Waals surface area contributed by atoms with Crippen molar-refractivity contribution in [1.82, 2.24) is 15.1 Å². The highest BCUT2D eigenvalue weighted by Gasteiger charge is 2.11. The van der Waals surface area contributed by atoms with Crippen LogP contribution < -0.4 is 5.32 Å². The van der Waals surface area contributed by atoms with Crippen LogP contribution in [-0.4, -0.2) is 49.3 Å². The molecule has 1 heterocycles. The summed E-state index contributed by atoms with van der Waals surface area (Å²) in [5.41, 5.74) is 1.11. The first-order valence-electron chi connectivity index (χ1n) is 7.51. The molecule has 0 saturated carbocycles. The van der Waals surface area contributed by atoms with E-state index in [4.69, 9.17) is 9.47 Å². The van der Waals surface area contributed by atoms with Crippen molar-refractivity contribution in [1.29, 1.82) is 0 Å². The molecule has 0 aliphatic carbocycles. The SMILES string of the molecule is CCCNC(COCCOC)Cc1ccn(C(C)C)n1. The van der Waals surface area contributed by atoms with Crippen LogP contribution in [-0.2, 0) is 15.9 Å². The van der Waals surface area contributed by atoms with Crippen LogP contribution in [0.15, 0.2) is 12.3 Å². The van der Waals surface area contributed by atoms with E-state index < -0.39 is 0 Å². The topological polar surface area (TPSA) is 48.3 Å². The van der Waals surface area contributed by atoms with Gasteiger partial charge in [-0.05, 0) is 32.9 Å². The highest BCUT2D eigenvalue weighted by atomic mass is 16.5. The standard InChI is InChI=1S/C15H29N3O2/c1-5-7-16-15(12-20-10-9-19-4)11-14-6-8-18(17-14)13(2)3/h6,8,13,15-16H,5,7,9-12H2,1-4H3. The zero-order chi connectivity index (χ0) is 14.8. The maximum Gasteiger partial charge on any atom is 0.0701 e. The van der Waals surface area contributed by atoms with E-state index in [1.54, 1.807) is 7.11 Å². The fourth-order valence-corrected chi connectivity index (χ4v) is 1.93. The van der Waals surface area contributed by atoms with E-state index in [0.29, 0.717) is 31.9 Å². The lowest BCUT2D eigenvalue weighted by molar-refractivity contribution is 0.0586. The van der Waals surface area contributed by atoms with Crippen LogP contribution in [0.25, 0.3) is 0 Å². The summed E-state index contributed by atoms with van der Waals surface area (Å²) >= 11 is 0. The van der Waals surface area contributed by atoms with Gasteiger partial charge in [0.15, 0.2) is 0 Å². The van der Waals surface area contributed by atoms with Crippen LogP contribution in [0, 0.1) is 0 Å². The van der Waals surface area contributed by atoms with Gasteiger partial charge in [0.1, 0.15) is 0 Å². The third-order valence-corrected chi connectivity index (χ3v) is 3.08. The summed E-state index contributed by atoms with van der Waals surface area (Å²) in [4.78, 5) is 0. The summed E-state index contributed by atoms with van der Waals surface area (Å²) in [5.74, 6) is 0. The molecule has 0 amide bonds. The molecule has 0 aromatic carbocycles. The number of aromatic nitrogens is 2. The van der Waals surface area contributed by atoms with Gasteiger partial charge in [-0.25, -0.2) is 0 Å². The third-order valence-electron chi connectivity index (χ3n) is 3.08. The Morgan fingerprint density at radius 3 is 2.75 bits per heavy atom. The lowest BCUT2D eigenvalue weighted by Crippen LogP contribution is -2.36. The molecule has 0 fully saturated rings. The highest BCUT2D eigenvalue weighted by Crippen LogP contribution is 2.06. The first kappa shape index (κ1) is 17.1. The fourth-order valence-electron chi connectivity index (χ4n) is 1.93. The minimum absolute atomic E-state index is 0.308. The number of ether oxygens (including phenoxy) is 2. The Kier molecular flexibility index (Phi) is 8.49. The normalized spacial score (nSPS) is 13.1. The fraction of sp³-hybridized carbons (Fsp3) is 0.800. The van der Waals surface area contributed by atoms with Gasteiger partial charge >= 0.3 is 0 Å². The first-order valence-corrected chi connectivity index (χ1v) is 7.51. The average Bonchev–Trinajstić information content (AvgIpc) is 2.89. The number of nitrogens with one attached hydrogen (secondary N) is 1. The largest absolute Gasteiger partial charge is 0.382 e. The zero-order valence-corrected chi connectivity index (χ0v) is 13.3. The molecule has 20 heavy (non-hydrogen) atoms. The lowest BCUT2D eigenvalue weighted by atomic mass is 10.1. The Morgan fingerprint density at radius 2 is 2.15 bits per heavy atom. The third kappa shape index (κ3) is 6.50. The van der Waals surface area contributed by atoms with Crippen molar-refractivity contribution in [3.8, 4) is 0 Å². The van der Waals surface area contributed by atoms with Crippen LogP contribution >= 0.6 is 0 Å². The molecule has 0 spiro atoms. The summed E-state index contributed by atoms with van der Waals surface area (Å²) in [6.45, 7) is 9.42. The Bertz CT molecular complexity index is 353. The lowest BCUT2D eigenvalue weighted by Gasteiger charge is -2.17. The highest BCUT2D eigenvalue weighted by molar-refractivity contribution is 5.02. The van der Waals surface area contributed by atoms with Crippen molar-refractivity contribution in [3.05, 3.63) is 18.0 Å². The summed E-state index contributed by atoms with van der Waals surface area (Å²) in [6.07, 6.45) is 4.06. The zero-order valence-electron chi connectivity index (χ0n) is 13.3. The van der Waals surface area contributed by atoms with Crippen molar-refractivity contribution in [2.45, 2.75) is 45.7 Å². The van der Waals surface area contributed by atoms with E-state index in [0.717, 1.165) is 25.1 Å². The Labute approximate surface area is 122 Å². The van der Waals surface area contributed by atoms with Gasteiger partial charge in [-0.2, -0.15) is 5.10 Å². The average molecular weight is 283 g/mol. The minimum atomic E-state index is 0.308. The molecule has 1 N–H and O–H groups in total. The predicted molar refractivity (Wildman–Crippen MR) is 81.1 cm³/mol. The minimum Gasteiger partial charge on any atom is -0.382 e. The number of nitrogens with zero attached hydrogens (tertiary/aromatic N) is 2. The molecule has 1 aromatic heterocycles. The molecule has 0 bridgehead atoms. The van der Waals surface area contributed by atoms with E-state index >= 15 is 0 Å². The Balaban J connectivity index is 2.44. The Morgan fingerprint density at radius 1 is 1.35 bits per heavy atom. The predicted octanol–water partition coefficient (Wildman–Crippen LogP) is 2.04. The van der Waals surface area contributed by atoms with Gasteiger partial charge in [-0.1, -0.05) is 6.92 Å². The summed E-state index contributed by atoms with van der Waals surface area (Å²) in [6, 6.07) is 2.81. The van der Waals surface area contributed by atoms with Gasteiger partial charge in [0.25, 0.3) is 0 Å². The van der Waals surface area contributed by atoms with Crippen molar-refractivity contribution in [2.75, 3.05) is 33.5 Å². The van der Waals surface area contributed by atoms with Crippen molar-refractivity contribution < 1.29 is 9.47 Å². The number of rotatable bonds is 11. The Hall–Kier alpha value is -0.910. The molecule has 1 aromatic rings. The second-order valence-electron chi connectivity index (χ2n) is 5.30. The number of hydrogen-bond acceptors (Lipinski definition) is 4. The molecule has 1 unspecified atom stereocenters. The second kappa shape index (κ2) is 9.91. The van der Waals surface area contributed by atoms with E-state index in [-0.39, 0.29) is 0 Å². The molecule has 116 valence electrons. The van der Waals surface area contributed by atoms with Crippen LogP contribution in [0.4, 0.5) is 0 Å². The van der Waals surface area contributed by atoms with Gasteiger partial charge in [0.2, 0.25) is 0 Å². The molecule has 1 rings (SSSR count). The summed E-state index contributed by atoms with van der Waals surface area (Å²) in [5, 5.41) is 8.12. The van der Waals surface area contributed by atoms with Gasteiger partial charge < -0.3 is 14.8 Å². The summed E-state index contributed by atoms with van der Waals surface area (Å²) in [7, 11) is 1.69. The maximum absolute atomic E-state index is 5.64. The van der Waals surface area contributed by atoms with Crippen molar-refractivity contribution in [3.63, 3.8) is 0 Å². The van der Waals surface area contributed by atoms with Crippen LogP contribution in [0.2, 0.25) is 0 Å². The number of hydrogen-bond donors (Lipinski definition) is 1. The molecule has 0 radical (unpaired) electrons. The summed E-state index contributed by atoms with van der Waals surface area (Å²) < 4.78 is 12.6. The molecular formula is C15H29N3O2. The van der Waals surface area contributed by atoms with Gasteiger partial charge in [0.05, 0.1) is 25.5 Å².